The molecule has 0 amide bonds. The number of likely N-dealkylation sites (tertiary alicyclic amines) is 1. The Kier molecular flexibility index (Phi) is 10.7. The van der Waals surface area contributed by atoms with E-state index in [0.717, 1.165) is 77.6 Å². The summed E-state index contributed by atoms with van der Waals surface area (Å²) in [5.74, 6) is 0.957. The van der Waals surface area contributed by atoms with Crippen LogP contribution in [-0.4, -0.2) is 56.3 Å². The van der Waals surface area contributed by atoms with Crippen molar-refractivity contribution in [2.75, 3.05) is 39.4 Å². The summed E-state index contributed by atoms with van der Waals surface area (Å²) in [5, 5.41) is 7.24. The standard InChI is InChI=1S/C28H40N4O.HI/c1-3-29-27(31-25-13-17-32(18-14-25)21-24-10-5-4-6-11-24)30-22-28(15-19-33-20-16-28)26-12-8-7-9-23(26)2;/h4-12,25H,3,13-22H2,1-2H3,(H2,29,30,31);1H. The molecule has 0 radical (unpaired) electrons. The van der Waals surface area contributed by atoms with E-state index in [1.54, 1.807) is 0 Å². The van der Waals surface area contributed by atoms with Gasteiger partial charge >= 0.3 is 0 Å². The van der Waals surface area contributed by atoms with Gasteiger partial charge in [0, 0.05) is 50.8 Å². The zero-order valence-corrected chi connectivity index (χ0v) is 23.1. The first-order chi connectivity index (χ1) is 16.2. The van der Waals surface area contributed by atoms with Gasteiger partial charge in [-0.05, 0) is 56.2 Å². The van der Waals surface area contributed by atoms with Crippen molar-refractivity contribution in [3.63, 3.8) is 0 Å². The van der Waals surface area contributed by atoms with Gasteiger partial charge in [-0.3, -0.25) is 9.89 Å². The zero-order chi connectivity index (χ0) is 22.9. The molecular weight excluding hydrogens is 535 g/mol. The summed E-state index contributed by atoms with van der Waals surface area (Å²) in [5.41, 5.74) is 4.25. The lowest BCUT2D eigenvalue weighted by atomic mass is 9.72. The van der Waals surface area contributed by atoms with Crippen molar-refractivity contribution in [3.8, 4) is 0 Å². The van der Waals surface area contributed by atoms with Gasteiger partial charge in [0.05, 0.1) is 6.54 Å². The van der Waals surface area contributed by atoms with E-state index in [1.807, 2.05) is 0 Å². The van der Waals surface area contributed by atoms with E-state index in [9.17, 15) is 0 Å². The molecule has 186 valence electrons. The van der Waals surface area contributed by atoms with Crippen LogP contribution in [0.1, 0.15) is 49.3 Å². The summed E-state index contributed by atoms with van der Waals surface area (Å²) >= 11 is 0. The Morgan fingerprint density at radius 2 is 1.71 bits per heavy atom. The minimum absolute atomic E-state index is 0. The summed E-state index contributed by atoms with van der Waals surface area (Å²) in [7, 11) is 0. The third-order valence-corrected chi connectivity index (χ3v) is 7.23. The number of guanidine groups is 1. The number of hydrogen-bond acceptors (Lipinski definition) is 3. The summed E-state index contributed by atoms with van der Waals surface area (Å²) in [4.78, 5) is 7.70. The highest BCUT2D eigenvalue weighted by atomic mass is 127. The third kappa shape index (κ3) is 7.18. The molecule has 0 spiro atoms. The molecular formula is C28H41IN4O. The van der Waals surface area contributed by atoms with Crippen LogP contribution in [0.25, 0.3) is 0 Å². The third-order valence-electron chi connectivity index (χ3n) is 7.23. The second-order valence-electron chi connectivity index (χ2n) is 9.58. The number of halogens is 1. The molecule has 2 fully saturated rings. The second-order valence-corrected chi connectivity index (χ2v) is 9.58. The Labute approximate surface area is 222 Å². The van der Waals surface area contributed by atoms with Crippen LogP contribution < -0.4 is 10.6 Å². The molecule has 2 aromatic rings. The van der Waals surface area contributed by atoms with Gasteiger partial charge < -0.3 is 15.4 Å². The van der Waals surface area contributed by atoms with Crippen LogP contribution in [-0.2, 0) is 16.7 Å². The van der Waals surface area contributed by atoms with E-state index in [-0.39, 0.29) is 29.4 Å². The van der Waals surface area contributed by atoms with Gasteiger partial charge in [0.15, 0.2) is 5.96 Å². The van der Waals surface area contributed by atoms with E-state index < -0.39 is 0 Å². The molecule has 2 heterocycles. The van der Waals surface area contributed by atoms with E-state index in [2.05, 4.69) is 84.0 Å². The predicted molar refractivity (Wildman–Crippen MR) is 152 cm³/mol. The highest BCUT2D eigenvalue weighted by Gasteiger charge is 2.35. The van der Waals surface area contributed by atoms with Crippen LogP contribution >= 0.6 is 24.0 Å². The molecule has 2 aliphatic heterocycles. The number of nitrogens with one attached hydrogen (secondary N) is 2. The maximum atomic E-state index is 5.73. The van der Waals surface area contributed by atoms with E-state index >= 15 is 0 Å². The van der Waals surface area contributed by atoms with Crippen LogP contribution in [0.3, 0.4) is 0 Å². The number of aryl methyl sites for hydroxylation is 1. The molecule has 6 heteroatoms. The van der Waals surface area contributed by atoms with Crippen molar-refractivity contribution < 1.29 is 4.74 Å². The first kappa shape index (κ1) is 27.0. The SMILES string of the molecule is CCNC(=NCC1(c2ccccc2C)CCOCC1)NC1CCN(Cc2ccccc2)CC1.I. The van der Waals surface area contributed by atoms with E-state index in [0.29, 0.717) is 6.04 Å². The van der Waals surface area contributed by atoms with Crippen LogP contribution in [0, 0.1) is 6.92 Å². The fourth-order valence-corrected chi connectivity index (χ4v) is 5.26. The summed E-state index contributed by atoms with van der Waals surface area (Å²) in [6.45, 7) is 11.0. The Morgan fingerprint density at radius 1 is 1.03 bits per heavy atom. The lowest BCUT2D eigenvalue weighted by Gasteiger charge is -2.38. The molecule has 0 atom stereocenters. The summed E-state index contributed by atoms with van der Waals surface area (Å²) in [6, 6.07) is 20.1. The van der Waals surface area contributed by atoms with Crippen molar-refractivity contribution >= 4 is 29.9 Å². The number of piperidine rings is 1. The number of nitrogens with zero attached hydrogens (tertiary/aromatic N) is 2. The zero-order valence-electron chi connectivity index (χ0n) is 20.8. The van der Waals surface area contributed by atoms with Gasteiger partial charge in [0.2, 0.25) is 0 Å². The fourth-order valence-electron chi connectivity index (χ4n) is 5.26. The fraction of sp³-hybridized carbons (Fsp3) is 0.536. The van der Waals surface area contributed by atoms with Crippen molar-refractivity contribution in [2.45, 2.75) is 57.5 Å². The number of hydrogen-bond donors (Lipinski definition) is 2. The van der Waals surface area contributed by atoms with Gasteiger partial charge in [-0.1, -0.05) is 54.6 Å². The largest absolute Gasteiger partial charge is 0.381 e. The van der Waals surface area contributed by atoms with Gasteiger partial charge in [-0.15, -0.1) is 24.0 Å². The maximum absolute atomic E-state index is 5.73. The molecule has 0 saturated carbocycles. The first-order valence-corrected chi connectivity index (χ1v) is 12.6. The van der Waals surface area contributed by atoms with E-state index in [1.165, 1.54) is 16.7 Å². The average Bonchev–Trinajstić information content (AvgIpc) is 2.85. The topological polar surface area (TPSA) is 48.9 Å². The van der Waals surface area contributed by atoms with Crippen LogP contribution in [0.5, 0.6) is 0 Å². The Bertz CT molecular complexity index is 890. The minimum atomic E-state index is 0. The quantitative estimate of drug-likeness (QED) is 0.280. The number of aliphatic imine (C=N–C) groups is 1. The first-order valence-electron chi connectivity index (χ1n) is 12.6. The van der Waals surface area contributed by atoms with E-state index in [4.69, 9.17) is 9.73 Å². The number of ether oxygens (including phenoxy) is 1. The van der Waals surface area contributed by atoms with Gasteiger partial charge in [-0.2, -0.15) is 0 Å². The van der Waals surface area contributed by atoms with Crippen LogP contribution in [0.15, 0.2) is 59.6 Å². The molecule has 34 heavy (non-hydrogen) atoms. The molecule has 2 aliphatic rings. The molecule has 0 aromatic heterocycles. The molecule has 0 aliphatic carbocycles. The lowest BCUT2D eigenvalue weighted by Crippen LogP contribution is -2.49. The highest BCUT2D eigenvalue weighted by Crippen LogP contribution is 2.37. The Morgan fingerprint density at radius 3 is 2.38 bits per heavy atom. The monoisotopic (exact) mass is 576 g/mol. The highest BCUT2D eigenvalue weighted by molar-refractivity contribution is 14.0. The van der Waals surface area contributed by atoms with Gasteiger partial charge in [-0.25, -0.2) is 0 Å². The smallest absolute Gasteiger partial charge is 0.191 e. The maximum Gasteiger partial charge on any atom is 0.191 e. The molecule has 2 saturated heterocycles. The molecule has 2 N–H and O–H groups in total. The minimum Gasteiger partial charge on any atom is -0.381 e. The molecule has 0 unspecified atom stereocenters. The predicted octanol–water partition coefficient (Wildman–Crippen LogP) is 4.88. The molecule has 2 aromatic carbocycles. The van der Waals surface area contributed by atoms with Crippen LogP contribution in [0.2, 0.25) is 0 Å². The molecule has 0 bridgehead atoms. The average molecular weight is 577 g/mol. The Balaban J connectivity index is 0.00000324. The lowest BCUT2D eigenvalue weighted by molar-refractivity contribution is 0.0529. The summed E-state index contributed by atoms with van der Waals surface area (Å²) in [6.07, 6.45) is 4.35. The summed E-state index contributed by atoms with van der Waals surface area (Å²) < 4.78 is 5.73. The van der Waals surface area contributed by atoms with Crippen molar-refractivity contribution in [1.82, 2.24) is 15.5 Å². The van der Waals surface area contributed by atoms with Crippen molar-refractivity contribution in [1.29, 1.82) is 0 Å². The van der Waals surface area contributed by atoms with Gasteiger partial charge in [0.25, 0.3) is 0 Å². The number of benzene rings is 2. The van der Waals surface area contributed by atoms with Crippen molar-refractivity contribution in [2.24, 2.45) is 4.99 Å². The molecule has 5 nitrogen and oxygen atoms in total. The normalized spacial score (nSPS) is 19.3. The number of rotatable bonds is 7. The molecule has 4 rings (SSSR count). The van der Waals surface area contributed by atoms with Crippen molar-refractivity contribution in [3.05, 3.63) is 71.3 Å². The van der Waals surface area contributed by atoms with Crippen LogP contribution in [0.4, 0.5) is 0 Å². The Hall–Kier alpha value is -1.64. The second kappa shape index (κ2) is 13.4. The van der Waals surface area contributed by atoms with Gasteiger partial charge in [0.1, 0.15) is 0 Å².